The minimum absolute atomic E-state index is 0.460. The molecule has 0 unspecified atom stereocenters. The maximum Gasteiger partial charge on any atom is 0.167 e. The number of hydrogen-bond donors (Lipinski definition) is 2. The fraction of sp³-hybridized carbons (Fsp3) is 0.0625. The molecule has 0 radical (unpaired) electrons. The number of para-hydroxylation sites is 2. The topological polar surface area (TPSA) is 94.8 Å². The molecule has 0 saturated carbocycles. The van der Waals surface area contributed by atoms with E-state index in [1.807, 2.05) is 41.0 Å². The summed E-state index contributed by atoms with van der Waals surface area (Å²) in [4.78, 5) is 12.9. The summed E-state index contributed by atoms with van der Waals surface area (Å²) in [6, 6.07) is 11.5. The van der Waals surface area contributed by atoms with Crippen molar-refractivity contribution in [3.05, 3.63) is 61.1 Å². The van der Waals surface area contributed by atoms with Crippen molar-refractivity contribution in [3.63, 3.8) is 0 Å². The third-order valence-electron chi connectivity index (χ3n) is 3.55. The van der Waals surface area contributed by atoms with E-state index in [1.54, 1.807) is 12.6 Å². The minimum atomic E-state index is 0.460. The molecule has 0 aliphatic carbocycles. The Morgan fingerprint density at radius 1 is 1.09 bits per heavy atom. The molecular formula is C16H14N6O. The number of nitrogens with zero attached hydrogens (tertiary/aromatic N) is 4. The van der Waals surface area contributed by atoms with Gasteiger partial charge < -0.3 is 15.5 Å². The van der Waals surface area contributed by atoms with Crippen LogP contribution in [0, 0.1) is 0 Å². The number of furan rings is 1. The number of benzene rings is 1. The Bertz CT molecular complexity index is 944. The molecule has 3 aromatic heterocycles. The Balaban J connectivity index is 1.71. The summed E-state index contributed by atoms with van der Waals surface area (Å²) in [5.74, 6) is 1.96. The van der Waals surface area contributed by atoms with E-state index in [2.05, 4.69) is 20.3 Å². The quantitative estimate of drug-likeness (QED) is 0.602. The second-order valence-corrected chi connectivity index (χ2v) is 5.00. The largest absolute Gasteiger partial charge is 0.467 e. The summed E-state index contributed by atoms with van der Waals surface area (Å²) in [6.45, 7) is 0.498. The molecule has 3 N–H and O–H groups in total. The van der Waals surface area contributed by atoms with E-state index in [-0.39, 0.29) is 0 Å². The van der Waals surface area contributed by atoms with Gasteiger partial charge in [-0.3, -0.25) is 4.57 Å². The molecule has 1 aromatic carbocycles. The van der Waals surface area contributed by atoms with E-state index >= 15 is 0 Å². The fourth-order valence-electron chi connectivity index (χ4n) is 2.43. The fourth-order valence-corrected chi connectivity index (χ4v) is 2.43. The molecule has 0 bridgehead atoms. The Morgan fingerprint density at radius 3 is 2.87 bits per heavy atom. The van der Waals surface area contributed by atoms with Gasteiger partial charge in [-0.05, 0) is 24.3 Å². The van der Waals surface area contributed by atoms with E-state index in [1.165, 1.54) is 6.33 Å². The number of anilines is 2. The Kier molecular flexibility index (Phi) is 3.16. The zero-order valence-corrected chi connectivity index (χ0v) is 12.2. The molecule has 114 valence electrons. The van der Waals surface area contributed by atoms with Crippen molar-refractivity contribution >= 4 is 22.5 Å². The first kappa shape index (κ1) is 13.3. The monoisotopic (exact) mass is 306 g/mol. The maximum absolute atomic E-state index is 6.24. The summed E-state index contributed by atoms with van der Waals surface area (Å²) in [7, 11) is 0. The highest BCUT2D eigenvalue weighted by molar-refractivity contribution is 5.80. The number of aromatic nitrogens is 4. The average molecular weight is 306 g/mol. The molecule has 23 heavy (non-hydrogen) atoms. The van der Waals surface area contributed by atoms with Crippen LogP contribution in [-0.2, 0) is 6.54 Å². The number of nitrogens with one attached hydrogen (secondary N) is 1. The van der Waals surface area contributed by atoms with Crippen molar-refractivity contribution < 1.29 is 4.42 Å². The lowest BCUT2D eigenvalue weighted by Crippen LogP contribution is -2.09. The molecule has 4 aromatic rings. The number of rotatable bonds is 4. The number of fused-ring (bicyclic) bond motifs is 1. The minimum Gasteiger partial charge on any atom is -0.467 e. The summed E-state index contributed by atoms with van der Waals surface area (Å²) >= 11 is 0. The highest BCUT2D eigenvalue weighted by atomic mass is 16.3. The molecule has 7 nitrogen and oxygen atoms in total. The molecule has 0 aliphatic rings. The highest BCUT2D eigenvalue weighted by Gasteiger charge is 2.12. The van der Waals surface area contributed by atoms with Crippen molar-refractivity contribution in [3.8, 4) is 5.82 Å². The zero-order valence-electron chi connectivity index (χ0n) is 12.2. The van der Waals surface area contributed by atoms with Crippen LogP contribution in [0.1, 0.15) is 5.76 Å². The van der Waals surface area contributed by atoms with Gasteiger partial charge in [0.25, 0.3) is 0 Å². The molecule has 3 heterocycles. The summed E-state index contributed by atoms with van der Waals surface area (Å²) in [5.41, 5.74) is 8.52. The predicted molar refractivity (Wildman–Crippen MR) is 87.1 cm³/mol. The SMILES string of the molecule is Nc1c(NCc2ccco2)ncnc1-n1cnc2ccccc21. The van der Waals surface area contributed by atoms with Crippen LogP contribution in [-0.4, -0.2) is 19.5 Å². The van der Waals surface area contributed by atoms with Gasteiger partial charge in [-0.2, -0.15) is 0 Å². The average Bonchev–Trinajstić information content (AvgIpc) is 3.23. The second-order valence-electron chi connectivity index (χ2n) is 5.00. The van der Waals surface area contributed by atoms with Crippen LogP contribution >= 0.6 is 0 Å². The van der Waals surface area contributed by atoms with Crippen LogP contribution in [0.4, 0.5) is 11.5 Å². The van der Waals surface area contributed by atoms with Gasteiger partial charge in [-0.25, -0.2) is 15.0 Å². The van der Waals surface area contributed by atoms with Crippen molar-refractivity contribution in [1.82, 2.24) is 19.5 Å². The number of imidazole rings is 1. The van der Waals surface area contributed by atoms with Gasteiger partial charge in [0.2, 0.25) is 0 Å². The first-order valence-electron chi connectivity index (χ1n) is 7.12. The van der Waals surface area contributed by atoms with Gasteiger partial charge in [-0.1, -0.05) is 12.1 Å². The van der Waals surface area contributed by atoms with Crippen LogP contribution in [0.5, 0.6) is 0 Å². The molecule has 0 saturated heterocycles. The van der Waals surface area contributed by atoms with E-state index in [0.29, 0.717) is 23.9 Å². The molecular weight excluding hydrogens is 292 g/mol. The van der Waals surface area contributed by atoms with Crippen molar-refractivity contribution in [1.29, 1.82) is 0 Å². The molecule has 4 rings (SSSR count). The zero-order chi connectivity index (χ0) is 15.6. The summed E-state index contributed by atoms with van der Waals surface area (Å²) in [5, 5.41) is 3.16. The van der Waals surface area contributed by atoms with Crippen molar-refractivity contribution in [2.45, 2.75) is 6.54 Å². The Hall–Kier alpha value is -3.35. The first-order valence-corrected chi connectivity index (χ1v) is 7.12. The van der Waals surface area contributed by atoms with Gasteiger partial charge in [0.05, 0.1) is 23.8 Å². The van der Waals surface area contributed by atoms with Gasteiger partial charge in [0.1, 0.15) is 24.1 Å². The molecule has 0 spiro atoms. The van der Waals surface area contributed by atoms with Gasteiger partial charge in [-0.15, -0.1) is 0 Å². The van der Waals surface area contributed by atoms with Gasteiger partial charge in [0.15, 0.2) is 11.6 Å². The smallest absolute Gasteiger partial charge is 0.167 e. The third-order valence-corrected chi connectivity index (χ3v) is 3.55. The van der Waals surface area contributed by atoms with Crippen LogP contribution in [0.2, 0.25) is 0 Å². The summed E-state index contributed by atoms with van der Waals surface area (Å²) < 4.78 is 7.14. The van der Waals surface area contributed by atoms with Crippen LogP contribution < -0.4 is 11.1 Å². The lowest BCUT2D eigenvalue weighted by Gasteiger charge is -2.11. The molecule has 0 aliphatic heterocycles. The lowest BCUT2D eigenvalue weighted by molar-refractivity contribution is 0.518. The van der Waals surface area contributed by atoms with E-state index < -0.39 is 0 Å². The van der Waals surface area contributed by atoms with Crippen LogP contribution in [0.25, 0.3) is 16.9 Å². The number of nitrogen functional groups attached to an aromatic ring is 1. The van der Waals surface area contributed by atoms with Crippen LogP contribution in [0.15, 0.2) is 59.7 Å². The normalized spacial score (nSPS) is 11.0. The van der Waals surface area contributed by atoms with Crippen molar-refractivity contribution in [2.75, 3.05) is 11.1 Å². The van der Waals surface area contributed by atoms with Crippen molar-refractivity contribution in [2.24, 2.45) is 0 Å². The molecule has 7 heteroatoms. The van der Waals surface area contributed by atoms with E-state index in [0.717, 1.165) is 16.8 Å². The Morgan fingerprint density at radius 2 is 2.00 bits per heavy atom. The van der Waals surface area contributed by atoms with E-state index in [4.69, 9.17) is 10.2 Å². The number of hydrogen-bond acceptors (Lipinski definition) is 6. The maximum atomic E-state index is 6.24. The first-order chi connectivity index (χ1) is 11.3. The number of nitrogens with two attached hydrogens (primary N) is 1. The van der Waals surface area contributed by atoms with Gasteiger partial charge >= 0.3 is 0 Å². The molecule has 0 fully saturated rings. The standard InChI is InChI=1S/C16H14N6O/c17-14-15(18-8-11-4-3-7-23-11)19-9-20-16(14)22-10-21-12-5-1-2-6-13(12)22/h1-7,9-10H,8,17H2,(H,18,19,20). The van der Waals surface area contributed by atoms with Crippen LogP contribution in [0.3, 0.4) is 0 Å². The van der Waals surface area contributed by atoms with Gasteiger partial charge in [0, 0.05) is 0 Å². The predicted octanol–water partition coefficient (Wildman–Crippen LogP) is 2.60. The summed E-state index contributed by atoms with van der Waals surface area (Å²) in [6.07, 6.45) is 4.81. The van der Waals surface area contributed by atoms with E-state index in [9.17, 15) is 0 Å². The molecule has 0 amide bonds. The second kappa shape index (κ2) is 5.45. The Labute approximate surface area is 131 Å². The lowest BCUT2D eigenvalue weighted by atomic mass is 10.3. The highest BCUT2D eigenvalue weighted by Crippen LogP contribution is 2.25. The molecule has 0 atom stereocenters. The third kappa shape index (κ3) is 2.38.